The van der Waals surface area contributed by atoms with Crippen LogP contribution in [0, 0.1) is 5.92 Å². The van der Waals surface area contributed by atoms with Crippen molar-refractivity contribution in [1.82, 2.24) is 21.5 Å². The summed E-state index contributed by atoms with van der Waals surface area (Å²) in [5, 5.41) is 8.18. The Morgan fingerprint density at radius 2 is 1.80 bits per heavy atom. The van der Waals surface area contributed by atoms with E-state index in [2.05, 4.69) is 26.8 Å². The van der Waals surface area contributed by atoms with Gasteiger partial charge < -0.3 is 16.0 Å². The molecule has 3 rings (SSSR count). The van der Waals surface area contributed by atoms with Gasteiger partial charge in [-0.1, -0.05) is 12.1 Å². The number of amides is 3. The summed E-state index contributed by atoms with van der Waals surface area (Å²) in [6, 6.07) is 6.36. The van der Waals surface area contributed by atoms with Crippen molar-refractivity contribution < 1.29 is 14.4 Å². The van der Waals surface area contributed by atoms with Gasteiger partial charge >= 0.3 is 0 Å². The minimum absolute atomic E-state index is 0.0953. The maximum atomic E-state index is 12.3. The van der Waals surface area contributed by atoms with E-state index in [0.717, 1.165) is 0 Å². The molecule has 1 aromatic rings. The Morgan fingerprint density at radius 1 is 1.12 bits per heavy atom. The number of fused-ring (bicyclic) bond motifs is 1. The zero-order valence-electron chi connectivity index (χ0n) is 14.3. The van der Waals surface area contributed by atoms with Crippen LogP contribution in [-0.2, 0) is 9.59 Å². The van der Waals surface area contributed by atoms with E-state index in [1.165, 1.54) is 0 Å². The molecule has 8 heteroatoms. The maximum absolute atomic E-state index is 12.3. The van der Waals surface area contributed by atoms with Gasteiger partial charge in [-0.3, -0.25) is 25.2 Å². The monoisotopic (exact) mass is 345 g/mol. The standard InChI is InChI=1S/C17H23N5O3/c1-9-12(10(2)22-21-9)8-18-15(23)7-14-17(25)19-13-6-4-3-5-11(13)16(24)20-14/h3-6,9-10,12,14,21-22H,7-8H2,1-2H3,(H,18,23)(H,19,25)(H,20,24)/t9?,10?,12?,14-/m0/s1. The van der Waals surface area contributed by atoms with Gasteiger partial charge in [0.25, 0.3) is 5.91 Å². The minimum Gasteiger partial charge on any atom is -0.356 e. The number of anilines is 1. The van der Waals surface area contributed by atoms with Crippen molar-refractivity contribution >= 4 is 23.4 Å². The zero-order chi connectivity index (χ0) is 18.0. The lowest BCUT2D eigenvalue weighted by molar-refractivity contribution is -0.125. The summed E-state index contributed by atoms with van der Waals surface area (Å²) < 4.78 is 0. The number of hydrogen-bond donors (Lipinski definition) is 5. The van der Waals surface area contributed by atoms with E-state index in [4.69, 9.17) is 0 Å². The number of benzene rings is 1. The molecule has 0 aliphatic carbocycles. The van der Waals surface area contributed by atoms with Crippen molar-refractivity contribution in [1.29, 1.82) is 0 Å². The van der Waals surface area contributed by atoms with Crippen LogP contribution in [0.25, 0.3) is 0 Å². The van der Waals surface area contributed by atoms with Crippen LogP contribution in [0.2, 0.25) is 0 Å². The molecule has 0 saturated carbocycles. The molecule has 1 saturated heterocycles. The molecule has 5 N–H and O–H groups in total. The van der Waals surface area contributed by atoms with Gasteiger partial charge in [0, 0.05) is 24.5 Å². The topological polar surface area (TPSA) is 111 Å². The number of hydrazine groups is 1. The van der Waals surface area contributed by atoms with Crippen LogP contribution in [0.4, 0.5) is 5.69 Å². The highest BCUT2D eigenvalue weighted by atomic mass is 16.2. The Hall–Kier alpha value is -2.45. The lowest BCUT2D eigenvalue weighted by Gasteiger charge is -2.19. The first-order chi connectivity index (χ1) is 12.0. The molecule has 3 amide bonds. The third kappa shape index (κ3) is 3.80. The summed E-state index contributed by atoms with van der Waals surface area (Å²) in [6.45, 7) is 4.59. The average Bonchev–Trinajstić information content (AvgIpc) is 2.84. The first kappa shape index (κ1) is 17.4. The highest BCUT2D eigenvalue weighted by Crippen LogP contribution is 2.19. The van der Waals surface area contributed by atoms with Gasteiger partial charge in [-0.05, 0) is 26.0 Å². The van der Waals surface area contributed by atoms with Crippen molar-refractivity contribution in [3.05, 3.63) is 29.8 Å². The van der Waals surface area contributed by atoms with Gasteiger partial charge in [-0.2, -0.15) is 0 Å². The maximum Gasteiger partial charge on any atom is 0.254 e. The van der Waals surface area contributed by atoms with Gasteiger partial charge in [-0.25, -0.2) is 0 Å². The molecule has 1 fully saturated rings. The summed E-state index contributed by atoms with van der Waals surface area (Å²) >= 11 is 0. The number of para-hydroxylation sites is 1. The van der Waals surface area contributed by atoms with E-state index in [0.29, 0.717) is 17.8 Å². The Kier molecular flexibility index (Phi) is 5.00. The van der Waals surface area contributed by atoms with Gasteiger partial charge in [-0.15, -0.1) is 0 Å². The lowest BCUT2D eigenvalue weighted by atomic mass is 9.96. The fraction of sp³-hybridized carbons (Fsp3) is 0.471. The molecule has 0 spiro atoms. The lowest BCUT2D eigenvalue weighted by Crippen LogP contribution is -2.45. The molecule has 0 bridgehead atoms. The largest absolute Gasteiger partial charge is 0.356 e. The second kappa shape index (κ2) is 7.20. The van der Waals surface area contributed by atoms with Crippen molar-refractivity contribution in [2.24, 2.45) is 5.92 Å². The fourth-order valence-electron chi connectivity index (χ4n) is 3.21. The van der Waals surface area contributed by atoms with Crippen molar-refractivity contribution in [2.45, 2.75) is 38.4 Å². The van der Waals surface area contributed by atoms with Gasteiger partial charge in [0.15, 0.2) is 0 Å². The number of hydrogen-bond acceptors (Lipinski definition) is 5. The summed E-state index contributed by atoms with van der Waals surface area (Å²) in [6.07, 6.45) is -0.0953. The van der Waals surface area contributed by atoms with Crippen LogP contribution in [0.5, 0.6) is 0 Å². The predicted octanol–water partition coefficient (Wildman–Crippen LogP) is -0.256. The Balaban J connectivity index is 1.58. The van der Waals surface area contributed by atoms with Crippen molar-refractivity contribution in [2.75, 3.05) is 11.9 Å². The highest BCUT2D eigenvalue weighted by Gasteiger charge is 2.32. The molecule has 0 radical (unpaired) electrons. The molecule has 0 aromatic heterocycles. The molecule has 2 aliphatic heterocycles. The summed E-state index contributed by atoms with van der Waals surface area (Å²) in [5.74, 6) is -0.763. The van der Waals surface area contributed by atoms with Crippen LogP contribution in [-0.4, -0.2) is 42.4 Å². The molecule has 3 atom stereocenters. The number of carbonyl (C=O) groups is 3. The second-order valence-corrected chi connectivity index (χ2v) is 6.60. The molecule has 1 aromatic carbocycles. The molecule has 2 heterocycles. The summed E-state index contributed by atoms with van der Waals surface area (Å²) in [7, 11) is 0. The minimum atomic E-state index is -0.894. The first-order valence-electron chi connectivity index (χ1n) is 8.44. The van der Waals surface area contributed by atoms with Gasteiger partial charge in [0.1, 0.15) is 6.04 Å². The van der Waals surface area contributed by atoms with Crippen LogP contribution in [0.15, 0.2) is 24.3 Å². The Bertz CT molecular complexity index is 683. The van der Waals surface area contributed by atoms with Gasteiger partial charge in [0.2, 0.25) is 11.8 Å². The van der Waals surface area contributed by atoms with Gasteiger partial charge in [0.05, 0.1) is 17.7 Å². The Morgan fingerprint density at radius 3 is 2.52 bits per heavy atom. The quantitative estimate of drug-likeness (QED) is 0.516. The van der Waals surface area contributed by atoms with Crippen molar-refractivity contribution in [3.63, 3.8) is 0 Å². The third-order valence-corrected chi connectivity index (χ3v) is 4.80. The van der Waals surface area contributed by atoms with Crippen LogP contribution < -0.4 is 26.8 Å². The van der Waals surface area contributed by atoms with E-state index >= 15 is 0 Å². The third-order valence-electron chi connectivity index (χ3n) is 4.80. The van der Waals surface area contributed by atoms with E-state index in [1.54, 1.807) is 24.3 Å². The normalized spacial score (nSPS) is 28.6. The van der Waals surface area contributed by atoms with Crippen LogP contribution in [0.3, 0.4) is 0 Å². The average molecular weight is 345 g/mol. The van der Waals surface area contributed by atoms with E-state index in [1.807, 2.05) is 13.8 Å². The van der Waals surface area contributed by atoms with Crippen LogP contribution in [0.1, 0.15) is 30.6 Å². The number of rotatable bonds is 4. The zero-order valence-corrected chi connectivity index (χ0v) is 14.3. The SMILES string of the molecule is CC1NNC(C)C1CNC(=O)C[C@@H]1NC(=O)c2ccccc2NC1=O. The number of nitrogens with one attached hydrogen (secondary N) is 5. The fourth-order valence-corrected chi connectivity index (χ4v) is 3.21. The number of carbonyl (C=O) groups excluding carboxylic acids is 3. The van der Waals surface area contributed by atoms with E-state index in [9.17, 15) is 14.4 Å². The molecule has 2 unspecified atom stereocenters. The predicted molar refractivity (Wildman–Crippen MR) is 92.6 cm³/mol. The molecule has 134 valence electrons. The molecular formula is C17H23N5O3. The highest BCUT2D eigenvalue weighted by molar-refractivity contribution is 6.10. The first-order valence-corrected chi connectivity index (χ1v) is 8.44. The molecule has 25 heavy (non-hydrogen) atoms. The molecular weight excluding hydrogens is 322 g/mol. The summed E-state index contributed by atoms with van der Waals surface area (Å²) in [4.78, 5) is 36.8. The molecule has 8 nitrogen and oxygen atoms in total. The summed E-state index contributed by atoms with van der Waals surface area (Å²) in [5.41, 5.74) is 7.12. The van der Waals surface area contributed by atoms with Crippen molar-refractivity contribution in [3.8, 4) is 0 Å². The smallest absolute Gasteiger partial charge is 0.254 e. The van der Waals surface area contributed by atoms with E-state index in [-0.39, 0.29) is 42.1 Å². The molecule has 2 aliphatic rings. The van der Waals surface area contributed by atoms with Crippen LogP contribution >= 0.6 is 0 Å². The second-order valence-electron chi connectivity index (χ2n) is 6.60. The van der Waals surface area contributed by atoms with E-state index < -0.39 is 6.04 Å². The Labute approximate surface area is 146 Å².